The molecule has 0 bridgehead atoms. The molecule has 1 heterocycles. The SMILES string of the molecule is CC1CSCCN1S(=O)(=O)c1ccccc1C(=O)O. The minimum atomic E-state index is -3.75. The summed E-state index contributed by atoms with van der Waals surface area (Å²) < 4.78 is 26.5. The monoisotopic (exact) mass is 301 g/mol. The molecule has 2 rings (SSSR count). The summed E-state index contributed by atoms with van der Waals surface area (Å²) in [6.45, 7) is 2.26. The van der Waals surface area contributed by atoms with Crippen molar-refractivity contribution in [2.24, 2.45) is 0 Å². The Balaban J connectivity index is 2.47. The van der Waals surface area contributed by atoms with Gasteiger partial charge in [-0.05, 0) is 19.1 Å². The summed E-state index contributed by atoms with van der Waals surface area (Å²) in [6.07, 6.45) is 0. The van der Waals surface area contributed by atoms with Crippen molar-refractivity contribution in [1.82, 2.24) is 4.31 Å². The number of benzene rings is 1. The van der Waals surface area contributed by atoms with E-state index in [2.05, 4.69) is 0 Å². The van der Waals surface area contributed by atoms with Crippen LogP contribution in [0.3, 0.4) is 0 Å². The molecule has 0 aromatic heterocycles. The van der Waals surface area contributed by atoms with Crippen LogP contribution in [0.4, 0.5) is 0 Å². The number of carboxylic acids is 1. The molecule has 0 spiro atoms. The molecule has 1 unspecified atom stereocenters. The molecule has 19 heavy (non-hydrogen) atoms. The van der Waals surface area contributed by atoms with Crippen molar-refractivity contribution in [3.63, 3.8) is 0 Å². The van der Waals surface area contributed by atoms with Gasteiger partial charge in [-0.1, -0.05) is 12.1 Å². The van der Waals surface area contributed by atoms with E-state index in [0.29, 0.717) is 6.54 Å². The van der Waals surface area contributed by atoms with Crippen LogP contribution in [0.15, 0.2) is 29.2 Å². The highest BCUT2D eigenvalue weighted by atomic mass is 32.2. The maximum absolute atomic E-state index is 12.6. The summed E-state index contributed by atoms with van der Waals surface area (Å²) in [5, 5.41) is 9.11. The molecule has 1 N–H and O–H groups in total. The van der Waals surface area contributed by atoms with Crippen LogP contribution < -0.4 is 0 Å². The standard InChI is InChI=1S/C12H15NO4S2/c1-9-8-18-7-6-13(9)19(16,17)11-5-3-2-4-10(11)12(14)15/h2-5,9H,6-8H2,1H3,(H,14,15). The van der Waals surface area contributed by atoms with Gasteiger partial charge in [0.05, 0.1) is 10.5 Å². The van der Waals surface area contributed by atoms with Crippen LogP contribution in [0.5, 0.6) is 0 Å². The van der Waals surface area contributed by atoms with E-state index in [1.54, 1.807) is 17.8 Å². The highest BCUT2D eigenvalue weighted by Gasteiger charge is 2.33. The van der Waals surface area contributed by atoms with Gasteiger partial charge in [-0.3, -0.25) is 0 Å². The van der Waals surface area contributed by atoms with E-state index in [-0.39, 0.29) is 16.5 Å². The van der Waals surface area contributed by atoms with Gasteiger partial charge in [-0.15, -0.1) is 0 Å². The highest BCUT2D eigenvalue weighted by Crippen LogP contribution is 2.26. The van der Waals surface area contributed by atoms with Crippen LogP contribution in [0.1, 0.15) is 17.3 Å². The summed E-state index contributed by atoms with van der Waals surface area (Å²) in [5.74, 6) is 0.242. The molecule has 7 heteroatoms. The van der Waals surface area contributed by atoms with E-state index < -0.39 is 16.0 Å². The molecule has 5 nitrogen and oxygen atoms in total. The van der Waals surface area contributed by atoms with E-state index in [4.69, 9.17) is 5.11 Å². The molecule has 104 valence electrons. The smallest absolute Gasteiger partial charge is 0.337 e. The van der Waals surface area contributed by atoms with E-state index in [0.717, 1.165) is 11.5 Å². The van der Waals surface area contributed by atoms with E-state index in [1.807, 2.05) is 6.92 Å². The number of carbonyl (C=O) groups is 1. The molecule has 1 aliphatic heterocycles. The first-order valence-corrected chi connectivity index (χ1v) is 8.46. The highest BCUT2D eigenvalue weighted by molar-refractivity contribution is 7.99. The lowest BCUT2D eigenvalue weighted by atomic mass is 10.2. The predicted molar refractivity (Wildman–Crippen MR) is 74.1 cm³/mol. The van der Waals surface area contributed by atoms with Crippen LogP contribution in [0.25, 0.3) is 0 Å². The second-order valence-corrected chi connectivity index (χ2v) is 7.35. The molecule has 0 radical (unpaired) electrons. The third-order valence-corrected chi connectivity index (χ3v) is 6.27. The Hall–Kier alpha value is -1.05. The fraction of sp³-hybridized carbons (Fsp3) is 0.417. The Morgan fingerprint density at radius 1 is 1.42 bits per heavy atom. The van der Waals surface area contributed by atoms with Crippen molar-refractivity contribution >= 4 is 27.8 Å². The number of hydrogen-bond acceptors (Lipinski definition) is 4. The van der Waals surface area contributed by atoms with Gasteiger partial charge in [0.15, 0.2) is 0 Å². The summed E-state index contributed by atoms with van der Waals surface area (Å²) >= 11 is 1.71. The zero-order valence-electron chi connectivity index (χ0n) is 10.4. The first kappa shape index (κ1) is 14.4. The van der Waals surface area contributed by atoms with Gasteiger partial charge in [0.1, 0.15) is 0 Å². The average Bonchev–Trinajstić information content (AvgIpc) is 2.39. The minimum Gasteiger partial charge on any atom is -0.478 e. The van der Waals surface area contributed by atoms with Crippen molar-refractivity contribution in [3.05, 3.63) is 29.8 Å². The van der Waals surface area contributed by atoms with Crippen molar-refractivity contribution in [2.45, 2.75) is 17.9 Å². The molecule has 0 aliphatic carbocycles. The molecule has 1 aliphatic rings. The molecule has 1 aromatic carbocycles. The summed E-state index contributed by atoms with van der Waals surface area (Å²) in [5.41, 5.74) is -0.173. The van der Waals surface area contributed by atoms with E-state index >= 15 is 0 Å². The fourth-order valence-electron chi connectivity index (χ4n) is 2.06. The zero-order valence-corrected chi connectivity index (χ0v) is 12.1. The first-order valence-electron chi connectivity index (χ1n) is 5.86. The first-order chi connectivity index (χ1) is 8.94. The Bertz CT molecular complexity index is 585. The number of sulfonamides is 1. The molecule has 1 saturated heterocycles. The van der Waals surface area contributed by atoms with Crippen LogP contribution >= 0.6 is 11.8 Å². The number of rotatable bonds is 3. The topological polar surface area (TPSA) is 74.7 Å². The van der Waals surface area contributed by atoms with Gasteiger partial charge in [-0.25, -0.2) is 13.2 Å². The van der Waals surface area contributed by atoms with Crippen molar-refractivity contribution in [3.8, 4) is 0 Å². The second kappa shape index (κ2) is 5.52. The van der Waals surface area contributed by atoms with Gasteiger partial charge in [0, 0.05) is 24.1 Å². The molecule has 1 fully saturated rings. The Kier molecular flexibility index (Phi) is 4.17. The minimum absolute atomic E-state index is 0.120. The lowest BCUT2D eigenvalue weighted by Gasteiger charge is -2.32. The van der Waals surface area contributed by atoms with E-state index in [9.17, 15) is 13.2 Å². The summed E-state index contributed by atoms with van der Waals surface area (Å²) in [6, 6.07) is 5.62. The van der Waals surface area contributed by atoms with Crippen molar-refractivity contribution in [1.29, 1.82) is 0 Å². The van der Waals surface area contributed by atoms with Crippen LogP contribution in [0, 0.1) is 0 Å². The molecule has 1 aromatic rings. The summed E-state index contributed by atoms with van der Waals surface area (Å²) in [7, 11) is -3.75. The quantitative estimate of drug-likeness (QED) is 0.916. The number of aromatic carboxylic acids is 1. The van der Waals surface area contributed by atoms with Crippen LogP contribution in [-0.4, -0.2) is 47.9 Å². The molecule has 0 saturated carbocycles. The van der Waals surface area contributed by atoms with Crippen molar-refractivity contribution < 1.29 is 18.3 Å². The zero-order chi connectivity index (χ0) is 14.0. The van der Waals surface area contributed by atoms with Gasteiger partial charge >= 0.3 is 5.97 Å². The molecular weight excluding hydrogens is 286 g/mol. The number of thioether (sulfide) groups is 1. The van der Waals surface area contributed by atoms with Gasteiger partial charge in [0.25, 0.3) is 0 Å². The number of nitrogens with zero attached hydrogens (tertiary/aromatic N) is 1. The van der Waals surface area contributed by atoms with Gasteiger partial charge < -0.3 is 5.11 Å². The number of carboxylic acid groups (broad SMARTS) is 1. The van der Waals surface area contributed by atoms with Gasteiger partial charge in [-0.2, -0.15) is 16.1 Å². The fourth-order valence-corrected chi connectivity index (χ4v) is 5.10. The average molecular weight is 301 g/mol. The van der Waals surface area contributed by atoms with E-state index in [1.165, 1.54) is 22.5 Å². The molecule has 0 amide bonds. The predicted octanol–water partition coefficient (Wildman–Crippen LogP) is 1.51. The normalized spacial score (nSPS) is 21.2. The van der Waals surface area contributed by atoms with Crippen LogP contribution in [0.2, 0.25) is 0 Å². The largest absolute Gasteiger partial charge is 0.478 e. The third-order valence-electron chi connectivity index (χ3n) is 3.01. The van der Waals surface area contributed by atoms with Crippen molar-refractivity contribution in [2.75, 3.05) is 18.1 Å². The lowest BCUT2D eigenvalue weighted by molar-refractivity contribution is 0.0692. The molecule has 1 atom stereocenters. The van der Waals surface area contributed by atoms with Gasteiger partial charge in [0.2, 0.25) is 10.0 Å². The maximum atomic E-state index is 12.6. The third kappa shape index (κ3) is 2.77. The molecular formula is C12H15NO4S2. The Labute approximate surface area is 116 Å². The second-order valence-electron chi connectivity index (χ2n) is 4.34. The lowest BCUT2D eigenvalue weighted by Crippen LogP contribution is -2.44. The Morgan fingerprint density at radius 3 is 2.74 bits per heavy atom. The summed E-state index contributed by atoms with van der Waals surface area (Å²) in [4.78, 5) is 11.0. The number of hydrogen-bond donors (Lipinski definition) is 1. The maximum Gasteiger partial charge on any atom is 0.337 e. The Morgan fingerprint density at radius 2 is 2.11 bits per heavy atom. The van der Waals surface area contributed by atoms with Crippen LogP contribution in [-0.2, 0) is 10.0 Å².